The molecule has 0 bridgehead atoms. The van der Waals surface area contributed by atoms with Gasteiger partial charge in [-0.1, -0.05) is 11.6 Å². The molecule has 0 spiro atoms. The molecular weight excluding hydrogens is 356 g/mol. The van der Waals surface area contributed by atoms with Gasteiger partial charge in [-0.05, 0) is 37.5 Å². The molecule has 1 fully saturated rings. The molecule has 0 unspecified atom stereocenters. The number of amides is 1. The molecule has 7 nitrogen and oxygen atoms in total. The predicted molar refractivity (Wildman–Crippen MR) is 89.7 cm³/mol. The van der Waals surface area contributed by atoms with Crippen molar-refractivity contribution in [1.82, 2.24) is 9.62 Å². The molecule has 1 aliphatic heterocycles. The third kappa shape index (κ3) is 4.83. The summed E-state index contributed by atoms with van der Waals surface area (Å²) in [5.74, 6) is -0.0948. The number of aliphatic hydroxyl groups excluding tert-OH is 1. The third-order valence-electron chi connectivity index (χ3n) is 3.62. The van der Waals surface area contributed by atoms with Gasteiger partial charge in [0.2, 0.25) is 10.0 Å². The molecule has 9 heteroatoms. The van der Waals surface area contributed by atoms with Gasteiger partial charge in [-0.3, -0.25) is 4.79 Å². The Kier molecular flexibility index (Phi) is 6.85. The highest BCUT2D eigenvalue weighted by Gasteiger charge is 2.27. The predicted octanol–water partition coefficient (Wildman–Crippen LogP) is 1.00. The van der Waals surface area contributed by atoms with Crippen LogP contribution in [0.25, 0.3) is 0 Å². The normalized spacial score (nSPS) is 15.4. The molecular formula is C15H21ClN2O5S. The van der Waals surface area contributed by atoms with Crippen LogP contribution in [0.2, 0.25) is 5.02 Å². The number of rotatable bonds is 8. The fourth-order valence-corrected chi connectivity index (χ4v) is 4.18. The average molecular weight is 377 g/mol. The maximum Gasteiger partial charge on any atom is 0.257 e. The van der Waals surface area contributed by atoms with Crippen molar-refractivity contribution in [3.8, 4) is 5.75 Å². The Labute approximate surface area is 146 Å². The van der Waals surface area contributed by atoms with Crippen molar-refractivity contribution in [3.63, 3.8) is 0 Å². The first-order valence-electron chi connectivity index (χ1n) is 7.75. The standard InChI is InChI=1S/C15H21ClN2O5S/c16-13-10-12(24(21,22)18-7-1-2-8-18)4-5-14(13)23-11-15(20)17-6-3-9-19/h4-5,10,19H,1-3,6-9,11H2,(H,17,20). The SMILES string of the molecule is O=C(COc1ccc(S(=O)(=O)N2CCCC2)cc1Cl)NCCCO. The summed E-state index contributed by atoms with van der Waals surface area (Å²) in [6, 6.07) is 4.22. The summed E-state index contributed by atoms with van der Waals surface area (Å²) < 4.78 is 31.7. The van der Waals surface area contributed by atoms with E-state index in [1.165, 1.54) is 22.5 Å². The Bertz CT molecular complexity index is 674. The van der Waals surface area contributed by atoms with E-state index in [1.54, 1.807) is 0 Å². The van der Waals surface area contributed by atoms with Crippen LogP contribution in [0.3, 0.4) is 0 Å². The molecule has 0 aliphatic carbocycles. The summed E-state index contributed by atoms with van der Waals surface area (Å²) in [5.41, 5.74) is 0. The van der Waals surface area contributed by atoms with Gasteiger partial charge < -0.3 is 15.2 Å². The van der Waals surface area contributed by atoms with Crippen molar-refractivity contribution in [2.45, 2.75) is 24.2 Å². The second kappa shape index (κ2) is 8.66. The lowest BCUT2D eigenvalue weighted by Crippen LogP contribution is -2.30. The summed E-state index contributed by atoms with van der Waals surface area (Å²) in [7, 11) is -3.53. The van der Waals surface area contributed by atoms with Gasteiger partial charge in [0.05, 0.1) is 9.92 Å². The van der Waals surface area contributed by atoms with Crippen molar-refractivity contribution >= 4 is 27.5 Å². The number of carbonyl (C=O) groups is 1. The first-order chi connectivity index (χ1) is 11.4. The number of hydrogen-bond donors (Lipinski definition) is 2. The maximum atomic E-state index is 12.5. The molecule has 1 aromatic carbocycles. The minimum absolute atomic E-state index is 0.0000803. The molecule has 2 rings (SSSR count). The first-order valence-corrected chi connectivity index (χ1v) is 9.57. The second-order valence-electron chi connectivity index (χ2n) is 5.42. The highest BCUT2D eigenvalue weighted by atomic mass is 35.5. The number of ether oxygens (including phenoxy) is 1. The van der Waals surface area contributed by atoms with Crippen LogP contribution in [0.15, 0.2) is 23.1 Å². The molecule has 1 aromatic rings. The second-order valence-corrected chi connectivity index (χ2v) is 7.76. The molecule has 2 N–H and O–H groups in total. The summed E-state index contributed by atoms with van der Waals surface area (Å²) in [4.78, 5) is 11.7. The first kappa shape index (κ1) is 19.0. The van der Waals surface area contributed by atoms with Gasteiger partial charge in [0, 0.05) is 26.2 Å². The van der Waals surface area contributed by atoms with Crippen LogP contribution in [0, 0.1) is 0 Å². The zero-order valence-corrected chi connectivity index (χ0v) is 14.8. The van der Waals surface area contributed by atoms with Crippen molar-refractivity contribution in [2.75, 3.05) is 32.8 Å². The van der Waals surface area contributed by atoms with Gasteiger partial charge in [-0.25, -0.2) is 8.42 Å². The van der Waals surface area contributed by atoms with Crippen LogP contribution in [0.4, 0.5) is 0 Å². The Morgan fingerprint density at radius 2 is 2.04 bits per heavy atom. The molecule has 1 heterocycles. The summed E-state index contributed by atoms with van der Waals surface area (Å²) >= 11 is 6.08. The molecule has 0 aromatic heterocycles. The fraction of sp³-hybridized carbons (Fsp3) is 0.533. The number of nitrogens with one attached hydrogen (secondary N) is 1. The van der Waals surface area contributed by atoms with Crippen molar-refractivity contribution in [3.05, 3.63) is 23.2 Å². The molecule has 0 saturated carbocycles. The molecule has 24 heavy (non-hydrogen) atoms. The highest BCUT2D eigenvalue weighted by molar-refractivity contribution is 7.89. The molecule has 0 atom stereocenters. The van der Waals surface area contributed by atoms with E-state index in [1.807, 2.05) is 0 Å². The number of halogens is 1. The lowest BCUT2D eigenvalue weighted by molar-refractivity contribution is -0.123. The van der Waals surface area contributed by atoms with Crippen LogP contribution in [0.1, 0.15) is 19.3 Å². The zero-order valence-electron chi connectivity index (χ0n) is 13.2. The van der Waals surface area contributed by atoms with E-state index in [0.717, 1.165) is 12.8 Å². The number of carbonyl (C=O) groups excluding carboxylic acids is 1. The van der Waals surface area contributed by atoms with Gasteiger partial charge >= 0.3 is 0 Å². The van der Waals surface area contributed by atoms with E-state index in [-0.39, 0.29) is 34.8 Å². The van der Waals surface area contributed by atoms with E-state index < -0.39 is 10.0 Å². The van der Waals surface area contributed by atoms with E-state index >= 15 is 0 Å². The smallest absolute Gasteiger partial charge is 0.257 e. The van der Waals surface area contributed by atoms with Crippen LogP contribution < -0.4 is 10.1 Å². The number of sulfonamides is 1. The van der Waals surface area contributed by atoms with Crippen LogP contribution in [0.5, 0.6) is 5.75 Å². The van der Waals surface area contributed by atoms with Gasteiger partial charge in [0.1, 0.15) is 5.75 Å². The lowest BCUT2D eigenvalue weighted by atomic mass is 10.3. The van der Waals surface area contributed by atoms with Gasteiger partial charge in [0.25, 0.3) is 5.91 Å². The van der Waals surface area contributed by atoms with Crippen molar-refractivity contribution in [1.29, 1.82) is 0 Å². The maximum absolute atomic E-state index is 12.5. The Hall–Kier alpha value is -1.35. The van der Waals surface area contributed by atoms with Gasteiger partial charge in [0.15, 0.2) is 6.61 Å². The topological polar surface area (TPSA) is 95.9 Å². The lowest BCUT2D eigenvalue weighted by Gasteiger charge is -2.16. The van der Waals surface area contributed by atoms with Gasteiger partial charge in [-0.15, -0.1) is 0 Å². The molecule has 1 saturated heterocycles. The fourth-order valence-electron chi connectivity index (χ4n) is 2.34. The van der Waals surface area contributed by atoms with Gasteiger partial charge in [-0.2, -0.15) is 4.31 Å². The number of aliphatic hydroxyl groups is 1. The van der Waals surface area contributed by atoms with E-state index in [9.17, 15) is 13.2 Å². The van der Waals surface area contributed by atoms with E-state index in [0.29, 0.717) is 26.1 Å². The van der Waals surface area contributed by atoms with E-state index in [2.05, 4.69) is 5.32 Å². The highest BCUT2D eigenvalue weighted by Crippen LogP contribution is 2.29. The molecule has 1 amide bonds. The summed E-state index contributed by atoms with van der Waals surface area (Å²) in [6.45, 7) is 1.17. The Morgan fingerprint density at radius 1 is 1.33 bits per heavy atom. The minimum atomic E-state index is -3.53. The Balaban J connectivity index is 1.98. The summed E-state index contributed by atoms with van der Waals surface area (Å²) in [5, 5.41) is 11.4. The van der Waals surface area contributed by atoms with Crippen LogP contribution in [-0.2, 0) is 14.8 Å². The van der Waals surface area contributed by atoms with Crippen molar-refractivity contribution < 1.29 is 23.1 Å². The number of hydrogen-bond acceptors (Lipinski definition) is 5. The monoisotopic (exact) mass is 376 g/mol. The molecule has 1 aliphatic rings. The number of benzene rings is 1. The van der Waals surface area contributed by atoms with Crippen LogP contribution >= 0.6 is 11.6 Å². The number of nitrogens with zero attached hydrogens (tertiary/aromatic N) is 1. The molecule has 134 valence electrons. The van der Waals surface area contributed by atoms with Crippen molar-refractivity contribution in [2.24, 2.45) is 0 Å². The largest absolute Gasteiger partial charge is 0.482 e. The minimum Gasteiger partial charge on any atom is -0.482 e. The third-order valence-corrected chi connectivity index (χ3v) is 5.81. The molecule has 0 radical (unpaired) electrons. The Morgan fingerprint density at radius 3 is 2.67 bits per heavy atom. The van der Waals surface area contributed by atoms with E-state index in [4.69, 9.17) is 21.4 Å². The average Bonchev–Trinajstić information content (AvgIpc) is 3.09. The summed E-state index contributed by atoms with van der Waals surface area (Å²) in [6.07, 6.45) is 2.19. The quantitative estimate of drug-likeness (QED) is 0.660. The van der Waals surface area contributed by atoms with Crippen LogP contribution in [-0.4, -0.2) is 56.6 Å². The zero-order chi connectivity index (χ0) is 17.6.